The predicted molar refractivity (Wildman–Crippen MR) is 98.4 cm³/mol. The minimum atomic E-state index is -4.35. The first-order valence-electron chi connectivity index (χ1n) is 8.11. The second kappa shape index (κ2) is 7.36. The number of fused-ring (bicyclic) bond motifs is 1. The first-order chi connectivity index (χ1) is 12.8. The van der Waals surface area contributed by atoms with Gasteiger partial charge < -0.3 is 9.73 Å². The normalized spacial score (nSPS) is 11.5. The highest BCUT2D eigenvalue weighted by atomic mass is 32.2. The Morgan fingerprint density at radius 2 is 1.78 bits per heavy atom. The third kappa shape index (κ3) is 3.77. The number of halogens is 2. The van der Waals surface area contributed by atoms with E-state index in [2.05, 4.69) is 10.0 Å². The highest BCUT2D eigenvalue weighted by Gasteiger charge is 2.22. The van der Waals surface area contributed by atoms with E-state index in [1.54, 1.807) is 24.3 Å². The van der Waals surface area contributed by atoms with Crippen molar-refractivity contribution in [2.45, 2.75) is 18.2 Å². The van der Waals surface area contributed by atoms with Gasteiger partial charge in [-0.15, -0.1) is 0 Å². The van der Waals surface area contributed by atoms with Crippen molar-refractivity contribution in [2.24, 2.45) is 0 Å². The Hall–Kier alpha value is -2.94. The quantitative estimate of drug-likeness (QED) is 0.623. The lowest BCUT2D eigenvalue weighted by molar-refractivity contribution is 0.504. The van der Waals surface area contributed by atoms with Crippen molar-refractivity contribution in [3.63, 3.8) is 0 Å². The number of para-hydroxylation sites is 1. The van der Waals surface area contributed by atoms with Gasteiger partial charge >= 0.3 is 5.63 Å². The molecule has 1 aromatic heterocycles. The molecule has 0 radical (unpaired) electrons. The highest BCUT2D eigenvalue weighted by molar-refractivity contribution is 7.92. The van der Waals surface area contributed by atoms with E-state index in [1.807, 2.05) is 6.92 Å². The van der Waals surface area contributed by atoms with Crippen LogP contribution in [0.25, 0.3) is 11.0 Å². The number of nitrogens with one attached hydrogen (secondary N) is 2. The summed E-state index contributed by atoms with van der Waals surface area (Å²) >= 11 is 0. The molecule has 0 bridgehead atoms. The summed E-state index contributed by atoms with van der Waals surface area (Å²) in [5.41, 5.74) is -0.683. The molecule has 3 rings (SSSR count). The van der Waals surface area contributed by atoms with Crippen molar-refractivity contribution in [3.8, 4) is 0 Å². The second-order valence-corrected chi connectivity index (χ2v) is 7.43. The molecule has 9 heteroatoms. The van der Waals surface area contributed by atoms with Gasteiger partial charge in [0.2, 0.25) is 0 Å². The fraction of sp³-hybridized carbons (Fsp3) is 0.167. The molecule has 0 aliphatic rings. The smallest absolute Gasteiger partial charge is 0.363 e. The van der Waals surface area contributed by atoms with E-state index in [-0.39, 0.29) is 17.0 Å². The molecule has 27 heavy (non-hydrogen) atoms. The largest absolute Gasteiger partial charge is 0.421 e. The van der Waals surface area contributed by atoms with E-state index >= 15 is 0 Å². The molecule has 1 heterocycles. The standard InChI is InChI=1S/C18H16F2N2O4S/c1-2-9-21-16-12-5-3-4-6-15(12)26-18(23)17(16)22-27(24,25)11-7-8-13(19)14(20)10-11/h3-8,10,21-22H,2,9H2,1H3. The molecule has 0 amide bonds. The summed E-state index contributed by atoms with van der Waals surface area (Å²) in [6.07, 6.45) is 0.726. The van der Waals surface area contributed by atoms with Crippen molar-refractivity contribution in [1.82, 2.24) is 0 Å². The summed E-state index contributed by atoms with van der Waals surface area (Å²) in [4.78, 5) is 11.9. The minimum Gasteiger partial charge on any atom is -0.421 e. The molecule has 0 saturated heterocycles. The number of anilines is 2. The molecule has 0 spiro atoms. The van der Waals surface area contributed by atoms with Crippen LogP contribution in [0.5, 0.6) is 0 Å². The zero-order valence-electron chi connectivity index (χ0n) is 14.3. The maximum absolute atomic E-state index is 13.4. The van der Waals surface area contributed by atoms with E-state index in [0.717, 1.165) is 12.5 Å². The zero-order valence-corrected chi connectivity index (χ0v) is 15.1. The predicted octanol–water partition coefficient (Wildman–Crippen LogP) is 3.69. The molecule has 0 atom stereocenters. The van der Waals surface area contributed by atoms with E-state index in [0.29, 0.717) is 24.1 Å². The Morgan fingerprint density at radius 1 is 1.04 bits per heavy atom. The molecule has 0 unspecified atom stereocenters. The average molecular weight is 394 g/mol. The van der Waals surface area contributed by atoms with Gasteiger partial charge in [0.1, 0.15) is 5.58 Å². The number of hydrogen-bond acceptors (Lipinski definition) is 5. The van der Waals surface area contributed by atoms with Crippen molar-refractivity contribution in [1.29, 1.82) is 0 Å². The van der Waals surface area contributed by atoms with Crippen molar-refractivity contribution < 1.29 is 21.6 Å². The van der Waals surface area contributed by atoms with Crippen LogP contribution in [0.15, 0.2) is 56.6 Å². The first-order valence-corrected chi connectivity index (χ1v) is 9.59. The van der Waals surface area contributed by atoms with Gasteiger partial charge in [-0.2, -0.15) is 0 Å². The lowest BCUT2D eigenvalue weighted by Gasteiger charge is -2.15. The van der Waals surface area contributed by atoms with Crippen molar-refractivity contribution in [3.05, 3.63) is 64.5 Å². The van der Waals surface area contributed by atoms with Gasteiger partial charge in [0.25, 0.3) is 10.0 Å². The molecule has 142 valence electrons. The molecular formula is C18H16F2N2O4S. The zero-order chi connectivity index (χ0) is 19.6. The van der Waals surface area contributed by atoms with E-state index < -0.39 is 32.2 Å². The van der Waals surface area contributed by atoms with Crippen LogP contribution in [0.4, 0.5) is 20.2 Å². The Morgan fingerprint density at radius 3 is 2.48 bits per heavy atom. The number of hydrogen-bond donors (Lipinski definition) is 2. The van der Waals surface area contributed by atoms with E-state index in [9.17, 15) is 22.0 Å². The summed E-state index contributed by atoms with van der Waals surface area (Å²) in [6, 6.07) is 8.80. The van der Waals surface area contributed by atoms with Crippen LogP contribution in [-0.4, -0.2) is 15.0 Å². The summed E-state index contributed by atoms with van der Waals surface area (Å²) in [7, 11) is -4.35. The maximum atomic E-state index is 13.4. The first kappa shape index (κ1) is 18.8. The van der Waals surface area contributed by atoms with Crippen LogP contribution in [-0.2, 0) is 10.0 Å². The fourth-order valence-corrected chi connectivity index (χ4v) is 3.59. The van der Waals surface area contributed by atoms with Crippen LogP contribution in [0.3, 0.4) is 0 Å². The molecule has 0 fully saturated rings. The SMILES string of the molecule is CCCNc1c(NS(=O)(=O)c2ccc(F)c(F)c2)c(=O)oc2ccccc12. The fourth-order valence-electron chi connectivity index (χ4n) is 2.51. The van der Waals surface area contributed by atoms with Gasteiger partial charge in [-0.05, 0) is 36.8 Å². The van der Waals surface area contributed by atoms with Gasteiger partial charge in [0, 0.05) is 11.9 Å². The summed E-state index contributed by atoms with van der Waals surface area (Å²) in [5, 5.41) is 3.53. The molecule has 0 aliphatic carbocycles. The molecule has 2 N–H and O–H groups in total. The van der Waals surface area contributed by atoms with Crippen LogP contribution >= 0.6 is 0 Å². The molecule has 0 aliphatic heterocycles. The summed E-state index contributed by atoms with van der Waals surface area (Å²) in [5.74, 6) is -2.49. The van der Waals surface area contributed by atoms with Gasteiger partial charge in [0.05, 0.1) is 10.6 Å². The summed E-state index contributed by atoms with van der Waals surface area (Å²) in [6.45, 7) is 2.39. The second-order valence-electron chi connectivity index (χ2n) is 5.74. The van der Waals surface area contributed by atoms with Crippen LogP contribution in [0.2, 0.25) is 0 Å². The molecule has 6 nitrogen and oxygen atoms in total. The van der Waals surface area contributed by atoms with E-state index in [4.69, 9.17) is 4.42 Å². The van der Waals surface area contributed by atoms with E-state index in [1.165, 1.54) is 0 Å². The third-order valence-corrected chi connectivity index (χ3v) is 5.15. The Balaban J connectivity index is 2.14. The lowest BCUT2D eigenvalue weighted by Crippen LogP contribution is -2.21. The topological polar surface area (TPSA) is 88.4 Å². The Bertz CT molecular complexity index is 1160. The third-order valence-electron chi connectivity index (χ3n) is 3.80. The van der Waals surface area contributed by atoms with Gasteiger partial charge in [-0.3, -0.25) is 4.72 Å². The molecular weight excluding hydrogens is 378 g/mol. The maximum Gasteiger partial charge on any atom is 0.363 e. The van der Waals surface area contributed by atoms with Crippen LogP contribution in [0, 0.1) is 11.6 Å². The van der Waals surface area contributed by atoms with Crippen LogP contribution in [0.1, 0.15) is 13.3 Å². The Labute approximate surface area is 153 Å². The van der Waals surface area contributed by atoms with Gasteiger partial charge in [-0.25, -0.2) is 22.0 Å². The monoisotopic (exact) mass is 394 g/mol. The number of sulfonamides is 1. The molecule has 3 aromatic rings. The number of benzene rings is 2. The minimum absolute atomic E-state index is 0.259. The Kier molecular flexibility index (Phi) is 5.13. The highest BCUT2D eigenvalue weighted by Crippen LogP contribution is 2.30. The van der Waals surface area contributed by atoms with Crippen molar-refractivity contribution >= 4 is 32.4 Å². The van der Waals surface area contributed by atoms with Crippen LogP contribution < -0.4 is 15.7 Å². The average Bonchev–Trinajstić information content (AvgIpc) is 2.63. The van der Waals surface area contributed by atoms with Crippen molar-refractivity contribution in [2.75, 3.05) is 16.6 Å². The van der Waals surface area contributed by atoms with Gasteiger partial charge in [0.15, 0.2) is 17.3 Å². The lowest BCUT2D eigenvalue weighted by atomic mass is 10.2. The molecule has 0 saturated carbocycles. The summed E-state index contributed by atoms with van der Waals surface area (Å²) < 4.78 is 59.0. The number of rotatable bonds is 6. The molecule has 2 aromatic carbocycles. The van der Waals surface area contributed by atoms with Gasteiger partial charge in [-0.1, -0.05) is 19.1 Å².